The van der Waals surface area contributed by atoms with Crippen molar-refractivity contribution in [1.29, 1.82) is 0 Å². The highest BCUT2D eigenvalue weighted by molar-refractivity contribution is 6.01. The predicted octanol–water partition coefficient (Wildman–Crippen LogP) is 1.20. The standard InChI is InChI=1S/C12H19N5O/c1-8(2)7-17(9-3-4-9)12-10(11(13)16-18)5-6-14-15-12/h5-6,8-9,18H,3-4,7H2,1-2H3,(H2,13,16). The lowest BCUT2D eigenvalue weighted by molar-refractivity contribution is 0.318. The average molecular weight is 249 g/mol. The van der Waals surface area contributed by atoms with E-state index in [-0.39, 0.29) is 5.84 Å². The van der Waals surface area contributed by atoms with Crippen LogP contribution in [0.3, 0.4) is 0 Å². The van der Waals surface area contributed by atoms with Gasteiger partial charge in [0.1, 0.15) is 0 Å². The maximum atomic E-state index is 8.83. The minimum absolute atomic E-state index is 0.0781. The summed E-state index contributed by atoms with van der Waals surface area (Å²) < 4.78 is 0. The Morgan fingerprint density at radius 3 is 2.89 bits per heavy atom. The van der Waals surface area contributed by atoms with Crippen molar-refractivity contribution < 1.29 is 5.21 Å². The third kappa shape index (κ3) is 2.69. The monoisotopic (exact) mass is 249 g/mol. The normalized spacial score (nSPS) is 16.1. The number of nitrogens with zero attached hydrogens (tertiary/aromatic N) is 4. The number of rotatable bonds is 5. The number of anilines is 1. The van der Waals surface area contributed by atoms with Gasteiger partial charge in [-0.25, -0.2) is 0 Å². The second-order valence-corrected chi connectivity index (χ2v) is 5.03. The number of aromatic nitrogens is 2. The van der Waals surface area contributed by atoms with Crippen LogP contribution in [0.5, 0.6) is 0 Å². The van der Waals surface area contributed by atoms with E-state index in [1.165, 1.54) is 12.8 Å². The first-order valence-corrected chi connectivity index (χ1v) is 6.19. The first-order valence-electron chi connectivity index (χ1n) is 6.19. The van der Waals surface area contributed by atoms with E-state index in [0.29, 0.717) is 23.3 Å². The number of oxime groups is 1. The van der Waals surface area contributed by atoms with Crippen LogP contribution >= 0.6 is 0 Å². The Bertz CT molecular complexity index is 442. The van der Waals surface area contributed by atoms with Crippen molar-refractivity contribution in [3.63, 3.8) is 0 Å². The fraction of sp³-hybridized carbons (Fsp3) is 0.583. The fourth-order valence-corrected chi connectivity index (χ4v) is 1.98. The Balaban J connectivity index is 2.34. The van der Waals surface area contributed by atoms with E-state index in [4.69, 9.17) is 10.9 Å². The average Bonchev–Trinajstić information content (AvgIpc) is 3.19. The van der Waals surface area contributed by atoms with Crippen molar-refractivity contribution in [2.45, 2.75) is 32.7 Å². The van der Waals surface area contributed by atoms with Gasteiger partial charge in [0.05, 0.1) is 11.8 Å². The highest BCUT2D eigenvalue weighted by Crippen LogP contribution is 2.32. The first kappa shape index (κ1) is 12.6. The molecule has 1 aromatic rings. The van der Waals surface area contributed by atoms with Crippen LogP contribution in [-0.2, 0) is 0 Å². The van der Waals surface area contributed by atoms with E-state index >= 15 is 0 Å². The molecule has 0 aliphatic heterocycles. The molecule has 0 saturated heterocycles. The van der Waals surface area contributed by atoms with Gasteiger partial charge >= 0.3 is 0 Å². The molecule has 98 valence electrons. The van der Waals surface area contributed by atoms with Crippen LogP contribution in [0.4, 0.5) is 5.82 Å². The van der Waals surface area contributed by atoms with Gasteiger partial charge in [-0.2, -0.15) is 5.10 Å². The molecule has 6 heteroatoms. The lowest BCUT2D eigenvalue weighted by atomic mass is 10.1. The zero-order chi connectivity index (χ0) is 13.1. The zero-order valence-electron chi connectivity index (χ0n) is 10.7. The third-order valence-corrected chi connectivity index (χ3v) is 2.91. The summed E-state index contributed by atoms with van der Waals surface area (Å²) in [7, 11) is 0. The molecule has 0 radical (unpaired) electrons. The molecule has 1 saturated carbocycles. The molecule has 1 aliphatic carbocycles. The van der Waals surface area contributed by atoms with Gasteiger partial charge in [0, 0.05) is 12.6 Å². The van der Waals surface area contributed by atoms with Crippen LogP contribution in [0, 0.1) is 5.92 Å². The van der Waals surface area contributed by atoms with E-state index in [9.17, 15) is 0 Å². The topological polar surface area (TPSA) is 87.6 Å². The lowest BCUT2D eigenvalue weighted by Gasteiger charge is -2.26. The van der Waals surface area contributed by atoms with Gasteiger partial charge in [0.15, 0.2) is 11.7 Å². The Morgan fingerprint density at radius 1 is 1.61 bits per heavy atom. The molecule has 1 heterocycles. The molecule has 0 aromatic carbocycles. The summed E-state index contributed by atoms with van der Waals surface area (Å²) >= 11 is 0. The maximum Gasteiger partial charge on any atom is 0.173 e. The summed E-state index contributed by atoms with van der Waals surface area (Å²) in [4.78, 5) is 2.21. The first-order chi connectivity index (χ1) is 8.63. The SMILES string of the molecule is CC(C)CN(c1nnccc1/C(N)=N/O)C1CC1. The Hall–Kier alpha value is -1.85. The predicted molar refractivity (Wildman–Crippen MR) is 69.7 cm³/mol. The van der Waals surface area contributed by atoms with Gasteiger partial charge in [-0.3, -0.25) is 0 Å². The van der Waals surface area contributed by atoms with E-state index in [2.05, 4.69) is 34.1 Å². The quantitative estimate of drug-likeness (QED) is 0.354. The molecule has 0 spiro atoms. The lowest BCUT2D eigenvalue weighted by Crippen LogP contribution is -2.33. The minimum Gasteiger partial charge on any atom is -0.409 e. The Labute approximate surface area is 106 Å². The molecule has 0 atom stereocenters. The van der Waals surface area contributed by atoms with E-state index in [1.54, 1.807) is 12.3 Å². The van der Waals surface area contributed by atoms with Gasteiger partial charge in [-0.15, -0.1) is 5.10 Å². The molecule has 18 heavy (non-hydrogen) atoms. The van der Waals surface area contributed by atoms with Crippen molar-refractivity contribution in [2.75, 3.05) is 11.4 Å². The maximum absolute atomic E-state index is 8.83. The van der Waals surface area contributed by atoms with Gasteiger partial charge in [0.2, 0.25) is 0 Å². The second-order valence-electron chi connectivity index (χ2n) is 5.03. The molecule has 1 fully saturated rings. The van der Waals surface area contributed by atoms with Gasteiger partial charge in [0.25, 0.3) is 0 Å². The Morgan fingerprint density at radius 2 is 2.33 bits per heavy atom. The smallest absolute Gasteiger partial charge is 0.173 e. The summed E-state index contributed by atoms with van der Waals surface area (Å²) in [5.41, 5.74) is 6.33. The van der Waals surface area contributed by atoms with Crippen molar-refractivity contribution in [2.24, 2.45) is 16.8 Å². The van der Waals surface area contributed by atoms with Gasteiger partial charge in [-0.1, -0.05) is 19.0 Å². The molecule has 6 nitrogen and oxygen atoms in total. The van der Waals surface area contributed by atoms with Crippen LogP contribution in [0.25, 0.3) is 0 Å². The molecule has 1 aromatic heterocycles. The third-order valence-electron chi connectivity index (χ3n) is 2.91. The highest BCUT2D eigenvalue weighted by Gasteiger charge is 2.32. The highest BCUT2D eigenvalue weighted by atomic mass is 16.4. The summed E-state index contributed by atoms with van der Waals surface area (Å²) in [5, 5.41) is 20.0. The number of amidine groups is 1. The number of hydrogen-bond donors (Lipinski definition) is 2. The summed E-state index contributed by atoms with van der Waals surface area (Å²) in [6.45, 7) is 5.22. The molecule has 1 aliphatic rings. The largest absolute Gasteiger partial charge is 0.409 e. The summed E-state index contributed by atoms with van der Waals surface area (Å²) in [6.07, 6.45) is 3.88. The minimum atomic E-state index is 0.0781. The molecular weight excluding hydrogens is 230 g/mol. The molecule has 0 unspecified atom stereocenters. The van der Waals surface area contributed by atoms with E-state index < -0.39 is 0 Å². The fourth-order valence-electron chi connectivity index (χ4n) is 1.98. The molecule has 0 bridgehead atoms. The van der Waals surface area contributed by atoms with Crippen LogP contribution in [0.1, 0.15) is 32.3 Å². The van der Waals surface area contributed by atoms with Crippen LogP contribution in [0.15, 0.2) is 17.4 Å². The van der Waals surface area contributed by atoms with Crippen molar-refractivity contribution in [3.05, 3.63) is 17.8 Å². The number of nitrogens with two attached hydrogens (primary N) is 1. The molecule has 2 rings (SSSR count). The van der Waals surface area contributed by atoms with Crippen LogP contribution in [0.2, 0.25) is 0 Å². The van der Waals surface area contributed by atoms with E-state index in [1.807, 2.05) is 0 Å². The van der Waals surface area contributed by atoms with Crippen molar-refractivity contribution in [1.82, 2.24) is 10.2 Å². The van der Waals surface area contributed by atoms with Crippen LogP contribution in [-0.4, -0.2) is 33.8 Å². The molecule has 0 amide bonds. The van der Waals surface area contributed by atoms with E-state index in [0.717, 1.165) is 6.54 Å². The zero-order valence-corrected chi connectivity index (χ0v) is 10.7. The Kier molecular flexibility index (Phi) is 3.64. The van der Waals surface area contributed by atoms with Crippen molar-refractivity contribution >= 4 is 11.7 Å². The summed E-state index contributed by atoms with van der Waals surface area (Å²) in [5.74, 6) is 1.31. The van der Waals surface area contributed by atoms with Gasteiger partial charge < -0.3 is 15.8 Å². The van der Waals surface area contributed by atoms with Crippen molar-refractivity contribution in [3.8, 4) is 0 Å². The van der Waals surface area contributed by atoms with Gasteiger partial charge in [-0.05, 0) is 24.8 Å². The second kappa shape index (κ2) is 5.20. The summed E-state index contributed by atoms with van der Waals surface area (Å²) in [6, 6.07) is 2.24. The molecular formula is C12H19N5O. The van der Waals surface area contributed by atoms with Crippen LogP contribution < -0.4 is 10.6 Å². The number of hydrogen-bond acceptors (Lipinski definition) is 5. The molecule has 3 N–H and O–H groups in total.